The molecule has 0 aromatic heterocycles. The number of hydrogen-bond acceptors (Lipinski definition) is 2. The smallest absolute Gasteiger partial charge is 0.237 e. The number of carbonyl (C=O) groups is 1. The predicted molar refractivity (Wildman–Crippen MR) is 76.9 cm³/mol. The van der Waals surface area contributed by atoms with Crippen LogP contribution in [0.2, 0.25) is 0 Å². The second kappa shape index (κ2) is 6.38. The van der Waals surface area contributed by atoms with Gasteiger partial charge in [0, 0.05) is 7.05 Å². The standard InChI is InChI=1S/C14H16N2O.ClH/c1-16-14(17)13(15)9-10-6-7-11-4-2-3-5-12(11)8-10;/h2-8,13H,9,15H2,1H3,(H,16,17);1H/t13-;/m0./s1. The lowest BCUT2D eigenvalue weighted by molar-refractivity contribution is -0.121. The molecular formula is C14H17ClN2O. The van der Waals surface area contributed by atoms with Crippen LogP contribution in [-0.4, -0.2) is 19.0 Å². The van der Waals surface area contributed by atoms with E-state index in [1.54, 1.807) is 7.05 Å². The van der Waals surface area contributed by atoms with Crippen LogP contribution in [0.15, 0.2) is 42.5 Å². The van der Waals surface area contributed by atoms with Crippen LogP contribution in [0.4, 0.5) is 0 Å². The van der Waals surface area contributed by atoms with E-state index >= 15 is 0 Å². The minimum Gasteiger partial charge on any atom is -0.358 e. The Labute approximate surface area is 113 Å². The van der Waals surface area contributed by atoms with E-state index in [9.17, 15) is 4.79 Å². The van der Waals surface area contributed by atoms with Gasteiger partial charge in [-0.1, -0.05) is 42.5 Å². The lowest BCUT2D eigenvalue weighted by Crippen LogP contribution is -2.40. The summed E-state index contributed by atoms with van der Waals surface area (Å²) >= 11 is 0. The molecule has 0 unspecified atom stereocenters. The molecular weight excluding hydrogens is 248 g/mol. The highest BCUT2D eigenvalue weighted by atomic mass is 35.5. The predicted octanol–water partition coefficient (Wildman–Crippen LogP) is 1.88. The summed E-state index contributed by atoms with van der Waals surface area (Å²) in [6, 6.07) is 13.8. The molecule has 18 heavy (non-hydrogen) atoms. The summed E-state index contributed by atoms with van der Waals surface area (Å²) < 4.78 is 0. The Morgan fingerprint density at radius 2 is 1.89 bits per heavy atom. The number of rotatable bonds is 3. The highest BCUT2D eigenvalue weighted by Crippen LogP contribution is 2.16. The molecule has 1 amide bonds. The van der Waals surface area contributed by atoms with Crippen LogP contribution in [0.3, 0.4) is 0 Å². The number of likely N-dealkylation sites (N-methyl/N-ethyl adjacent to an activating group) is 1. The van der Waals surface area contributed by atoms with Gasteiger partial charge in [-0.25, -0.2) is 0 Å². The summed E-state index contributed by atoms with van der Waals surface area (Å²) in [4.78, 5) is 11.3. The minimum atomic E-state index is -0.485. The first kappa shape index (κ1) is 14.5. The van der Waals surface area contributed by atoms with Crippen LogP contribution < -0.4 is 11.1 Å². The normalized spacial score (nSPS) is 11.7. The average molecular weight is 265 g/mol. The number of nitrogens with one attached hydrogen (secondary N) is 1. The van der Waals surface area contributed by atoms with E-state index < -0.39 is 6.04 Å². The molecule has 2 aromatic carbocycles. The van der Waals surface area contributed by atoms with Crippen molar-refractivity contribution < 1.29 is 4.79 Å². The molecule has 0 aliphatic carbocycles. The summed E-state index contributed by atoms with van der Waals surface area (Å²) in [5, 5.41) is 4.93. The third kappa shape index (κ3) is 3.22. The molecule has 1 atom stereocenters. The molecule has 4 heteroatoms. The maximum Gasteiger partial charge on any atom is 0.237 e. The van der Waals surface area contributed by atoms with Crippen molar-refractivity contribution in [2.45, 2.75) is 12.5 Å². The molecule has 96 valence electrons. The molecule has 0 radical (unpaired) electrons. The van der Waals surface area contributed by atoms with Gasteiger partial charge in [0.05, 0.1) is 6.04 Å². The quantitative estimate of drug-likeness (QED) is 0.889. The monoisotopic (exact) mass is 264 g/mol. The van der Waals surface area contributed by atoms with Crippen LogP contribution >= 0.6 is 12.4 Å². The van der Waals surface area contributed by atoms with Crippen LogP contribution in [0.5, 0.6) is 0 Å². The molecule has 0 heterocycles. The van der Waals surface area contributed by atoms with Crippen molar-refractivity contribution in [1.82, 2.24) is 5.32 Å². The van der Waals surface area contributed by atoms with Crippen molar-refractivity contribution in [2.75, 3.05) is 7.05 Å². The van der Waals surface area contributed by atoms with Crippen LogP contribution in [-0.2, 0) is 11.2 Å². The van der Waals surface area contributed by atoms with Crippen molar-refractivity contribution in [2.24, 2.45) is 5.73 Å². The van der Waals surface area contributed by atoms with Gasteiger partial charge >= 0.3 is 0 Å². The summed E-state index contributed by atoms with van der Waals surface area (Å²) in [6.45, 7) is 0. The van der Waals surface area contributed by atoms with E-state index in [0.29, 0.717) is 6.42 Å². The SMILES string of the molecule is CNC(=O)[C@@H](N)Cc1ccc2ccccc2c1.Cl. The van der Waals surface area contributed by atoms with Gasteiger partial charge in [-0.3, -0.25) is 4.79 Å². The second-order valence-electron chi connectivity index (χ2n) is 4.11. The highest BCUT2D eigenvalue weighted by Gasteiger charge is 2.11. The van der Waals surface area contributed by atoms with E-state index in [2.05, 4.69) is 29.6 Å². The molecule has 0 saturated carbocycles. The van der Waals surface area contributed by atoms with E-state index in [0.717, 1.165) is 5.56 Å². The molecule has 0 fully saturated rings. The van der Waals surface area contributed by atoms with Gasteiger partial charge < -0.3 is 11.1 Å². The maximum absolute atomic E-state index is 11.3. The fraction of sp³-hybridized carbons (Fsp3) is 0.214. The summed E-state index contributed by atoms with van der Waals surface area (Å²) in [5.74, 6) is -0.127. The van der Waals surface area contributed by atoms with Gasteiger partial charge in [-0.05, 0) is 22.8 Å². The van der Waals surface area contributed by atoms with Crippen molar-refractivity contribution >= 4 is 29.1 Å². The summed E-state index contributed by atoms with van der Waals surface area (Å²) in [6.07, 6.45) is 0.560. The van der Waals surface area contributed by atoms with Gasteiger partial charge in [0.2, 0.25) is 5.91 Å². The topological polar surface area (TPSA) is 55.1 Å². The zero-order valence-corrected chi connectivity index (χ0v) is 11.0. The Morgan fingerprint density at radius 3 is 2.56 bits per heavy atom. The second-order valence-corrected chi connectivity index (χ2v) is 4.11. The number of nitrogens with two attached hydrogens (primary N) is 1. The first-order valence-corrected chi connectivity index (χ1v) is 5.65. The van der Waals surface area contributed by atoms with E-state index in [1.807, 2.05) is 18.2 Å². The molecule has 0 bridgehead atoms. The number of carbonyl (C=O) groups excluding carboxylic acids is 1. The molecule has 2 rings (SSSR count). The number of hydrogen-bond donors (Lipinski definition) is 2. The van der Waals surface area contributed by atoms with Gasteiger partial charge in [0.15, 0.2) is 0 Å². The van der Waals surface area contributed by atoms with Gasteiger partial charge in [-0.15, -0.1) is 12.4 Å². The number of fused-ring (bicyclic) bond motifs is 1. The molecule has 3 N–H and O–H groups in total. The van der Waals surface area contributed by atoms with Crippen molar-refractivity contribution in [3.8, 4) is 0 Å². The largest absolute Gasteiger partial charge is 0.358 e. The van der Waals surface area contributed by atoms with E-state index in [-0.39, 0.29) is 18.3 Å². The fourth-order valence-electron chi connectivity index (χ4n) is 1.90. The Balaban J connectivity index is 0.00000162. The molecule has 2 aromatic rings. The highest BCUT2D eigenvalue weighted by molar-refractivity contribution is 5.85. The first-order valence-electron chi connectivity index (χ1n) is 5.65. The van der Waals surface area contributed by atoms with Crippen molar-refractivity contribution in [1.29, 1.82) is 0 Å². The molecule has 0 saturated heterocycles. The summed E-state index contributed by atoms with van der Waals surface area (Å²) in [7, 11) is 1.60. The third-order valence-corrected chi connectivity index (χ3v) is 2.85. The van der Waals surface area contributed by atoms with E-state index in [4.69, 9.17) is 5.73 Å². The first-order chi connectivity index (χ1) is 8.20. The minimum absolute atomic E-state index is 0. The lowest BCUT2D eigenvalue weighted by Gasteiger charge is -2.10. The Kier molecular flexibility index (Phi) is 5.13. The van der Waals surface area contributed by atoms with Gasteiger partial charge in [0.1, 0.15) is 0 Å². The molecule has 0 spiro atoms. The number of benzene rings is 2. The van der Waals surface area contributed by atoms with Crippen molar-refractivity contribution in [3.05, 3.63) is 48.0 Å². The van der Waals surface area contributed by atoms with Gasteiger partial charge in [-0.2, -0.15) is 0 Å². The average Bonchev–Trinajstić information content (AvgIpc) is 2.37. The number of halogens is 1. The van der Waals surface area contributed by atoms with Crippen molar-refractivity contribution in [3.63, 3.8) is 0 Å². The number of amides is 1. The molecule has 0 aliphatic rings. The Hall–Kier alpha value is -1.58. The Bertz CT molecular complexity index is 542. The third-order valence-electron chi connectivity index (χ3n) is 2.85. The van der Waals surface area contributed by atoms with Crippen LogP contribution in [0.1, 0.15) is 5.56 Å². The Morgan fingerprint density at radius 1 is 1.22 bits per heavy atom. The fourth-order valence-corrected chi connectivity index (χ4v) is 1.90. The zero-order chi connectivity index (χ0) is 12.3. The van der Waals surface area contributed by atoms with Crippen LogP contribution in [0.25, 0.3) is 10.8 Å². The zero-order valence-electron chi connectivity index (χ0n) is 10.2. The van der Waals surface area contributed by atoms with E-state index in [1.165, 1.54) is 10.8 Å². The molecule has 0 aliphatic heterocycles. The lowest BCUT2D eigenvalue weighted by atomic mass is 10.0. The molecule has 3 nitrogen and oxygen atoms in total. The van der Waals surface area contributed by atoms with Crippen LogP contribution in [0, 0.1) is 0 Å². The van der Waals surface area contributed by atoms with Gasteiger partial charge in [0.25, 0.3) is 0 Å². The maximum atomic E-state index is 11.3. The summed E-state index contributed by atoms with van der Waals surface area (Å²) in [5.41, 5.74) is 6.87.